The van der Waals surface area contributed by atoms with E-state index in [1.165, 1.54) is 5.08 Å². The van der Waals surface area contributed by atoms with Crippen LogP contribution in [0.1, 0.15) is 19.4 Å². The van der Waals surface area contributed by atoms with Crippen molar-refractivity contribution < 1.29 is 36.1 Å². The molecule has 1 aliphatic heterocycles. The standard InChI is InChI=1S/C12H15NO.C8H13BSi.3CO.Cr/c1-9(2)11-8-14-12(13-11)10-6-4-3-5-7-10;1-10(2,3)8-6-4-5-7-9-8;3*1-2;/h3-7,9,11H,8H2,1-2H3;4-7H,1-3H3;;;;/t11-;;;;;/m1...../s1. The van der Waals surface area contributed by atoms with Crippen LogP contribution in [-0.2, 0) is 36.1 Å². The Kier molecular flexibility index (Phi) is 21.7. The van der Waals surface area contributed by atoms with Crippen LogP contribution in [0.2, 0.25) is 19.6 Å². The third kappa shape index (κ3) is 13.9. The van der Waals surface area contributed by atoms with Gasteiger partial charge in [0.15, 0.2) is 0 Å². The smallest absolute Gasteiger partial charge is 0 e. The number of rotatable bonds is 3. The molecule has 162 valence electrons. The van der Waals surface area contributed by atoms with Gasteiger partial charge in [-0.2, -0.15) is 0 Å². The van der Waals surface area contributed by atoms with Gasteiger partial charge in [-0.15, -0.1) is 0 Å². The summed E-state index contributed by atoms with van der Waals surface area (Å²) in [5, 5.41) is 1.54. The van der Waals surface area contributed by atoms with Crippen molar-refractivity contribution >= 4 is 26.0 Å². The molecular formula is C23H28BCrNO4Si. The molecule has 1 aromatic heterocycles. The summed E-state index contributed by atoms with van der Waals surface area (Å²) in [6.45, 7) is 27.9. The maximum Gasteiger partial charge on any atom is 0 e. The number of ether oxygens (including phenoxy) is 1. The Morgan fingerprint density at radius 3 is 1.81 bits per heavy atom. The predicted octanol–water partition coefficient (Wildman–Crippen LogP) is 3.94. The van der Waals surface area contributed by atoms with Crippen LogP contribution in [0.4, 0.5) is 0 Å². The first kappa shape index (κ1) is 33.7. The second-order valence-corrected chi connectivity index (χ2v) is 12.6. The number of hydrogen-bond acceptors (Lipinski definition) is 2. The molecule has 0 N–H and O–H groups in total. The Bertz CT molecular complexity index is 774. The van der Waals surface area contributed by atoms with E-state index < -0.39 is 8.07 Å². The molecule has 0 spiro atoms. The maximum absolute atomic E-state index is 7.50. The van der Waals surface area contributed by atoms with E-state index in [9.17, 15) is 0 Å². The normalized spacial score (nSPS) is 13.2. The van der Waals surface area contributed by atoms with E-state index in [0.29, 0.717) is 12.0 Å². The van der Waals surface area contributed by atoms with Gasteiger partial charge in [0, 0.05) is 22.9 Å². The molecule has 0 radical (unpaired) electrons. The molecular weight excluding hydrogens is 445 g/mol. The minimum atomic E-state index is -1.03. The van der Waals surface area contributed by atoms with Crippen molar-refractivity contribution in [3.05, 3.63) is 80.0 Å². The molecule has 0 unspecified atom stereocenters. The Hall–Kier alpha value is -1.93. The van der Waals surface area contributed by atoms with Crippen LogP contribution in [0.3, 0.4) is 0 Å². The van der Waals surface area contributed by atoms with E-state index in [0.717, 1.165) is 18.1 Å². The SMILES string of the molecule is CC(C)[C@H]1COC(c2ccccc2)=N1.C[Si](C)(C)c1bcccc1.[C-]#[O+].[C-]#[O+].[C-]#[O+].[Cr]. The first-order valence-electron chi connectivity index (χ1n) is 9.30. The molecule has 1 aromatic carbocycles. The van der Waals surface area contributed by atoms with Crippen molar-refractivity contribution in [2.24, 2.45) is 10.9 Å². The molecule has 2 aromatic rings. The average Bonchev–Trinajstić information content (AvgIpc) is 3.30. The molecule has 0 amide bonds. The van der Waals surface area contributed by atoms with E-state index in [4.69, 9.17) is 18.7 Å². The monoisotopic (exact) mass is 473 g/mol. The molecule has 0 aliphatic carbocycles. The summed E-state index contributed by atoms with van der Waals surface area (Å²) in [5.74, 6) is 3.47. The van der Waals surface area contributed by atoms with E-state index in [2.05, 4.69) is 89.5 Å². The second-order valence-electron chi connectivity index (χ2n) is 7.54. The minimum absolute atomic E-state index is 0. The molecule has 0 saturated heterocycles. The van der Waals surface area contributed by atoms with Gasteiger partial charge in [-0.05, 0) is 18.1 Å². The minimum Gasteiger partial charge on any atom is 0 e. The first-order valence-corrected chi connectivity index (χ1v) is 12.8. The van der Waals surface area contributed by atoms with Crippen LogP contribution in [0.5, 0.6) is 0 Å². The molecule has 0 bridgehead atoms. The first-order chi connectivity index (χ1) is 14.4. The summed E-state index contributed by atoms with van der Waals surface area (Å²) in [7, 11) is -1.03. The van der Waals surface area contributed by atoms with E-state index in [1.54, 1.807) is 0 Å². The van der Waals surface area contributed by atoms with Gasteiger partial charge in [0.05, 0.1) is 6.04 Å². The largest absolute Gasteiger partial charge is 0 e. The molecule has 5 nitrogen and oxygen atoms in total. The quantitative estimate of drug-likeness (QED) is 0.378. The van der Waals surface area contributed by atoms with Crippen molar-refractivity contribution in [2.75, 3.05) is 6.61 Å². The summed E-state index contributed by atoms with van der Waals surface area (Å²) in [6.07, 6.45) is 0. The molecule has 0 saturated carbocycles. The van der Waals surface area contributed by atoms with E-state index in [-0.39, 0.29) is 17.4 Å². The third-order valence-corrected chi connectivity index (χ3v) is 6.17. The molecule has 2 heterocycles. The van der Waals surface area contributed by atoms with Crippen LogP contribution in [0, 0.1) is 25.9 Å². The summed E-state index contributed by atoms with van der Waals surface area (Å²) in [5.41, 5.74) is 1.08. The van der Waals surface area contributed by atoms with Gasteiger partial charge in [0.1, 0.15) is 6.61 Å². The van der Waals surface area contributed by atoms with Crippen molar-refractivity contribution in [2.45, 2.75) is 39.5 Å². The average molecular weight is 473 g/mol. The number of hydrogen-bond donors (Lipinski definition) is 0. The molecule has 31 heavy (non-hydrogen) atoms. The fourth-order valence-electron chi connectivity index (χ4n) is 2.41. The summed E-state index contributed by atoms with van der Waals surface area (Å²) >= 11 is 0. The van der Waals surface area contributed by atoms with Crippen molar-refractivity contribution in [1.82, 2.24) is 0 Å². The third-order valence-electron chi connectivity index (χ3n) is 4.10. The van der Waals surface area contributed by atoms with Crippen molar-refractivity contribution in [3.63, 3.8) is 0 Å². The zero-order chi connectivity index (χ0) is 23.6. The van der Waals surface area contributed by atoms with Gasteiger partial charge >= 0.3 is 97.8 Å². The molecule has 1 aliphatic rings. The van der Waals surface area contributed by atoms with Gasteiger partial charge < -0.3 is 4.74 Å². The van der Waals surface area contributed by atoms with Gasteiger partial charge in [-0.3, -0.25) is 0 Å². The summed E-state index contributed by atoms with van der Waals surface area (Å²) in [6, 6.07) is 16.8. The van der Waals surface area contributed by atoms with Crippen LogP contribution < -0.4 is 5.08 Å². The zero-order valence-corrected chi connectivity index (χ0v) is 20.9. The van der Waals surface area contributed by atoms with Gasteiger partial charge in [-0.25, -0.2) is 4.99 Å². The van der Waals surface area contributed by atoms with Gasteiger partial charge in [0.25, 0.3) is 0 Å². The van der Waals surface area contributed by atoms with E-state index >= 15 is 0 Å². The second kappa shape index (κ2) is 20.0. The number of nitrogens with zero attached hydrogens (tertiary/aromatic N) is 1. The van der Waals surface area contributed by atoms with Crippen LogP contribution in [-0.4, -0.2) is 33.5 Å². The van der Waals surface area contributed by atoms with Crippen LogP contribution >= 0.6 is 0 Å². The Labute approximate surface area is 198 Å². The number of benzene rings is 1. The van der Waals surface area contributed by atoms with Crippen LogP contribution in [0.25, 0.3) is 0 Å². The molecule has 1 atom stereocenters. The Morgan fingerprint density at radius 2 is 1.45 bits per heavy atom. The maximum atomic E-state index is 7.50. The van der Waals surface area contributed by atoms with Crippen LogP contribution in [0.15, 0.2) is 59.5 Å². The fourth-order valence-corrected chi connectivity index (χ4v) is 3.60. The summed E-state index contributed by atoms with van der Waals surface area (Å²) in [4.78, 5) is 4.55. The predicted molar refractivity (Wildman–Crippen MR) is 120 cm³/mol. The summed E-state index contributed by atoms with van der Waals surface area (Å²) < 4.78 is 28.1. The molecule has 8 heteroatoms. The zero-order valence-electron chi connectivity index (χ0n) is 18.6. The van der Waals surface area contributed by atoms with Crippen molar-refractivity contribution in [1.29, 1.82) is 0 Å². The number of aliphatic imine (C=N–C) groups is 1. The topological polar surface area (TPSA) is 81.3 Å². The van der Waals surface area contributed by atoms with Crippen molar-refractivity contribution in [3.8, 4) is 0 Å². The fraction of sp³-hybridized carbons (Fsp3) is 0.348. The van der Waals surface area contributed by atoms with Gasteiger partial charge in [0.2, 0.25) is 5.90 Å². The Morgan fingerprint density at radius 1 is 0.935 bits per heavy atom. The molecule has 0 fully saturated rings. The van der Waals surface area contributed by atoms with E-state index in [1.807, 2.05) is 30.3 Å². The molecule has 3 rings (SSSR count). The Balaban J connectivity index is -0.000000409. The van der Waals surface area contributed by atoms with Gasteiger partial charge in [-0.1, -0.05) is 32.0 Å².